The van der Waals surface area contributed by atoms with E-state index < -0.39 is 29.7 Å². The molecule has 0 saturated carbocycles. The molecule has 3 aliphatic rings. The van der Waals surface area contributed by atoms with E-state index in [0.717, 1.165) is 0 Å². The Labute approximate surface area is 182 Å². The lowest BCUT2D eigenvalue weighted by atomic mass is 10.0. The van der Waals surface area contributed by atoms with E-state index in [1.165, 1.54) is 21.8 Å². The van der Waals surface area contributed by atoms with Crippen LogP contribution in [0.1, 0.15) is 23.3 Å². The van der Waals surface area contributed by atoms with Crippen LogP contribution in [-0.2, 0) is 20.8 Å². The second-order valence-electron chi connectivity index (χ2n) is 8.04. The number of nitrogens with two attached hydrogens (primary N) is 1. The first kappa shape index (κ1) is 20.6. The van der Waals surface area contributed by atoms with Crippen LogP contribution in [0.25, 0.3) is 0 Å². The number of hydrogen-bond donors (Lipinski definition) is 1. The average Bonchev–Trinajstić information content (AvgIpc) is 3.50. The van der Waals surface area contributed by atoms with Crippen molar-refractivity contribution >= 4 is 23.4 Å². The smallest absolute Gasteiger partial charge is 0.414 e. The number of benzene rings is 1. The number of piperidine rings is 1. The van der Waals surface area contributed by atoms with Crippen molar-refractivity contribution in [3.05, 3.63) is 35.9 Å². The summed E-state index contributed by atoms with van der Waals surface area (Å²) in [4.78, 5) is 26.8. The molecule has 11 nitrogen and oxygen atoms in total. The fraction of sp³-hybridized carbons (Fsp3) is 0.500. The highest BCUT2D eigenvalue weighted by Crippen LogP contribution is 2.35. The molecular formula is C20H23FN6O5. The zero-order valence-electron chi connectivity index (χ0n) is 17.3. The minimum Gasteiger partial charge on any atom is -0.442 e. The zero-order chi connectivity index (χ0) is 22.3. The SMILES string of the molecule is NC(=O)c1cn(C[C@H]2CN(c3ccc(N4CCC5(CC4)OCCO5)c(F)c3)C(=O)O2)nn1. The van der Waals surface area contributed by atoms with Crippen LogP contribution in [0.3, 0.4) is 0 Å². The number of halogens is 1. The Balaban J connectivity index is 1.23. The second kappa shape index (κ2) is 8.02. The number of amides is 2. The standard InChI is InChI=1S/C20H23FN6O5/c21-15-9-13(1-2-17(15)25-5-3-20(4-6-25)30-7-8-31-20)27-11-14(32-19(27)29)10-26-12-16(18(22)28)23-24-26/h1-2,9,12,14H,3-8,10-11H2,(H2,22,28)/t14-/m0/s1. The number of nitrogens with zero attached hydrogens (tertiary/aromatic N) is 5. The Morgan fingerprint density at radius 2 is 2.00 bits per heavy atom. The van der Waals surface area contributed by atoms with Gasteiger partial charge in [-0.1, -0.05) is 5.21 Å². The van der Waals surface area contributed by atoms with Crippen molar-refractivity contribution in [3.8, 4) is 0 Å². The lowest BCUT2D eigenvalue weighted by Gasteiger charge is -2.38. The highest BCUT2D eigenvalue weighted by Gasteiger charge is 2.40. The van der Waals surface area contributed by atoms with E-state index in [9.17, 15) is 14.0 Å². The first-order chi connectivity index (χ1) is 15.4. The molecule has 32 heavy (non-hydrogen) atoms. The molecule has 2 aromatic rings. The molecule has 2 N–H and O–H groups in total. The van der Waals surface area contributed by atoms with Crippen LogP contribution >= 0.6 is 0 Å². The minimum atomic E-state index is -0.691. The van der Waals surface area contributed by atoms with Crippen molar-refractivity contribution < 1.29 is 28.2 Å². The molecule has 1 atom stereocenters. The van der Waals surface area contributed by atoms with Crippen molar-refractivity contribution in [3.63, 3.8) is 0 Å². The molecule has 2 amide bonds. The number of carbonyl (C=O) groups excluding carboxylic acids is 2. The van der Waals surface area contributed by atoms with Gasteiger partial charge in [0.2, 0.25) is 0 Å². The third-order valence-corrected chi connectivity index (χ3v) is 5.98. The van der Waals surface area contributed by atoms with E-state index in [1.807, 2.05) is 4.90 Å². The van der Waals surface area contributed by atoms with Gasteiger partial charge in [-0.05, 0) is 18.2 Å². The van der Waals surface area contributed by atoms with Crippen LogP contribution in [0.5, 0.6) is 0 Å². The molecule has 0 aliphatic carbocycles. The Kier molecular flexibility index (Phi) is 5.18. The van der Waals surface area contributed by atoms with Gasteiger partial charge in [0.15, 0.2) is 11.5 Å². The van der Waals surface area contributed by atoms with Gasteiger partial charge < -0.3 is 24.8 Å². The lowest BCUT2D eigenvalue weighted by molar-refractivity contribution is -0.169. The largest absolute Gasteiger partial charge is 0.442 e. The molecule has 1 spiro atoms. The first-order valence-electron chi connectivity index (χ1n) is 10.4. The van der Waals surface area contributed by atoms with Crippen molar-refractivity contribution in [2.24, 2.45) is 5.73 Å². The van der Waals surface area contributed by atoms with Crippen LogP contribution in [0.4, 0.5) is 20.6 Å². The van der Waals surface area contributed by atoms with Gasteiger partial charge in [-0.3, -0.25) is 9.69 Å². The maximum atomic E-state index is 15.0. The minimum absolute atomic E-state index is 0.0264. The van der Waals surface area contributed by atoms with E-state index in [4.69, 9.17) is 19.9 Å². The number of hydrogen-bond acceptors (Lipinski definition) is 8. The van der Waals surface area contributed by atoms with E-state index in [1.54, 1.807) is 12.1 Å². The third kappa shape index (κ3) is 3.86. The van der Waals surface area contributed by atoms with Crippen LogP contribution in [0.2, 0.25) is 0 Å². The fourth-order valence-corrected chi connectivity index (χ4v) is 4.33. The molecule has 1 aromatic carbocycles. The van der Waals surface area contributed by atoms with Crippen LogP contribution in [0, 0.1) is 5.82 Å². The summed E-state index contributed by atoms with van der Waals surface area (Å²) in [6, 6.07) is 4.72. The van der Waals surface area contributed by atoms with E-state index in [0.29, 0.717) is 50.5 Å². The van der Waals surface area contributed by atoms with E-state index in [-0.39, 0.29) is 18.8 Å². The van der Waals surface area contributed by atoms with Gasteiger partial charge >= 0.3 is 6.09 Å². The number of anilines is 2. The maximum Gasteiger partial charge on any atom is 0.414 e. The Morgan fingerprint density at radius 3 is 2.66 bits per heavy atom. The number of primary amides is 1. The van der Waals surface area contributed by atoms with Crippen molar-refractivity contribution in [1.29, 1.82) is 0 Å². The molecule has 12 heteroatoms. The summed E-state index contributed by atoms with van der Waals surface area (Å²) in [5.41, 5.74) is 6.08. The highest BCUT2D eigenvalue weighted by molar-refractivity contribution is 5.90. The van der Waals surface area contributed by atoms with Gasteiger partial charge in [0.05, 0.1) is 43.9 Å². The van der Waals surface area contributed by atoms with Gasteiger partial charge in [0.1, 0.15) is 11.9 Å². The van der Waals surface area contributed by atoms with Gasteiger partial charge in [-0.25, -0.2) is 13.9 Å². The third-order valence-electron chi connectivity index (χ3n) is 5.98. The van der Waals surface area contributed by atoms with Crippen molar-refractivity contribution in [2.75, 3.05) is 42.6 Å². The summed E-state index contributed by atoms with van der Waals surface area (Å²) in [7, 11) is 0. The normalized spacial score (nSPS) is 22.5. The summed E-state index contributed by atoms with van der Waals surface area (Å²) in [6.45, 7) is 2.84. The van der Waals surface area contributed by atoms with Crippen molar-refractivity contribution in [1.82, 2.24) is 15.0 Å². The Hall–Kier alpha value is -3.25. The van der Waals surface area contributed by atoms with Crippen LogP contribution < -0.4 is 15.5 Å². The van der Waals surface area contributed by atoms with Gasteiger partial charge in [-0.2, -0.15) is 0 Å². The monoisotopic (exact) mass is 446 g/mol. The Bertz CT molecular complexity index is 1030. The summed E-state index contributed by atoms with van der Waals surface area (Å²) in [5, 5.41) is 7.46. The molecule has 0 radical (unpaired) electrons. The zero-order valence-corrected chi connectivity index (χ0v) is 17.3. The molecule has 0 bridgehead atoms. The van der Waals surface area contributed by atoms with Gasteiger partial charge in [-0.15, -0.1) is 5.10 Å². The highest BCUT2D eigenvalue weighted by atomic mass is 19.1. The molecule has 3 aliphatic heterocycles. The molecule has 3 saturated heterocycles. The van der Waals surface area contributed by atoms with Crippen LogP contribution in [0.15, 0.2) is 24.4 Å². The molecule has 5 rings (SSSR count). The topological polar surface area (TPSA) is 125 Å². The molecular weight excluding hydrogens is 423 g/mol. The lowest BCUT2D eigenvalue weighted by Crippen LogP contribution is -2.45. The quantitative estimate of drug-likeness (QED) is 0.718. The molecule has 170 valence electrons. The predicted octanol–water partition coefficient (Wildman–Crippen LogP) is 0.885. The van der Waals surface area contributed by atoms with E-state index >= 15 is 0 Å². The average molecular weight is 446 g/mol. The number of rotatable bonds is 5. The maximum absolute atomic E-state index is 15.0. The Morgan fingerprint density at radius 1 is 1.25 bits per heavy atom. The molecule has 3 fully saturated rings. The fourth-order valence-electron chi connectivity index (χ4n) is 4.33. The summed E-state index contributed by atoms with van der Waals surface area (Å²) in [6.07, 6.45) is 1.63. The number of cyclic esters (lactones) is 1. The molecule has 4 heterocycles. The summed E-state index contributed by atoms with van der Waals surface area (Å²) in [5.74, 6) is -1.63. The molecule has 0 unspecified atom stereocenters. The summed E-state index contributed by atoms with van der Waals surface area (Å²) < 4.78 is 33.2. The number of aromatic nitrogens is 3. The number of carbonyl (C=O) groups is 2. The number of ether oxygens (including phenoxy) is 3. The predicted molar refractivity (Wildman–Crippen MR) is 109 cm³/mol. The summed E-state index contributed by atoms with van der Waals surface area (Å²) >= 11 is 0. The van der Waals surface area contributed by atoms with Crippen molar-refractivity contribution in [2.45, 2.75) is 31.3 Å². The van der Waals surface area contributed by atoms with Gasteiger partial charge in [0.25, 0.3) is 5.91 Å². The molecule has 1 aromatic heterocycles. The first-order valence-corrected chi connectivity index (χ1v) is 10.4. The second-order valence-corrected chi connectivity index (χ2v) is 8.04. The van der Waals surface area contributed by atoms with Gasteiger partial charge in [0, 0.05) is 25.9 Å². The van der Waals surface area contributed by atoms with E-state index in [2.05, 4.69) is 10.3 Å². The van der Waals surface area contributed by atoms with Crippen LogP contribution in [-0.4, -0.2) is 71.7 Å².